The van der Waals surface area contributed by atoms with E-state index in [1.54, 1.807) is 0 Å². The first-order valence-corrected chi connectivity index (χ1v) is 3.93. The van der Waals surface area contributed by atoms with Crippen molar-refractivity contribution in [2.45, 2.75) is 5.92 Å². The van der Waals surface area contributed by atoms with Crippen molar-refractivity contribution in [1.82, 2.24) is 0 Å². The van der Waals surface area contributed by atoms with Crippen LogP contribution in [0, 0.1) is 0 Å². The smallest absolute Gasteiger partial charge is 0.314 e. The van der Waals surface area contributed by atoms with Gasteiger partial charge in [-0.05, 0) is 18.2 Å². The van der Waals surface area contributed by atoms with E-state index in [2.05, 4.69) is 6.58 Å². The summed E-state index contributed by atoms with van der Waals surface area (Å²) in [6.07, 6.45) is 1.19. The Balaban J connectivity index is 3.21. The van der Waals surface area contributed by atoms with Gasteiger partial charge < -0.3 is 15.3 Å². The Kier molecular flexibility index (Phi) is 2.76. The van der Waals surface area contributed by atoms with Crippen molar-refractivity contribution in [3.8, 4) is 11.5 Å². The summed E-state index contributed by atoms with van der Waals surface area (Å²) < 4.78 is 0. The number of rotatable bonds is 3. The van der Waals surface area contributed by atoms with Gasteiger partial charge in [-0.25, -0.2) is 0 Å². The predicted octanol–water partition coefficient (Wildman–Crippen LogP) is 1.45. The van der Waals surface area contributed by atoms with Crippen LogP contribution in [0.4, 0.5) is 0 Å². The molecule has 4 heteroatoms. The van der Waals surface area contributed by atoms with Crippen LogP contribution in [0.3, 0.4) is 0 Å². The third kappa shape index (κ3) is 1.85. The number of carboxylic acid groups (broad SMARTS) is 1. The van der Waals surface area contributed by atoms with Gasteiger partial charge in [0.25, 0.3) is 0 Å². The van der Waals surface area contributed by atoms with Crippen LogP contribution in [0.25, 0.3) is 0 Å². The number of phenolic OH excluding ortho intramolecular Hbond substituents is 2. The van der Waals surface area contributed by atoms with Gasteiger partial charge in [0, 0.05) is 5.56 Å². The van der Waals surface area contributed by atoms with Crippen LogP contribution in [0.2, 0.25) is 0 Å². The molecular formula is C10H10O4. The van der Waals surface area contributed by atoms with Gasteiger partial charge in [0.15, 0.2) is 0 Å². The number of benzene rings is 1. The third-order valence-corrected chi connectivity index (χ3v) is 1.85. The van der Waals surface area contributed by atoms with E-state index >= 15 is 0 Å². The SMILES string of the molecule is C=CC(C(=O)O)c1cc(O)ccc1O. The van der Waals surface area contributed by atoms with Gasteiger partial charge in [0.1, 0.15) is 17.4 Å². The van der Waals surface area contributed by atoms with Crippen molar-refractivity contribution in [2.75, 3.05) is 0 Å². The lowest BCUT2D eigenvalue weighted by molar-refractivity contribution is -0.137. The van der Waals surface area contributed by atoms with Gasteiger partial charge in [0.05, 0.1) is 0 Å². The van der Waals surface area contributed by atoms with Crippen LogP contribution in [-0.2, 0) is 4.79 Å². The average molecular weight is 194 g/mol. The Morgan fingerprint density at radius 2 is 2.07 bits per heavy atom. The Morgan fingerprint density at radius 1 is 1.43 bits per heavy atom. The van der Waals surface area contributed by atoms with Crippen molar-refractivity contribution in [2.24, 2.45) is 0 Å². The summed E-state index contributed by atoms with van der Waals surface area (Å²) in [7, 11) is 0. The molecule has 0 saturated carbocycles. The molecule has 0 aliphatic carbocycles. The number of phenols is 2. The second-order valence-electron chi connectivity index (χ2n) is 2.79. The highest BCUT2D eigenvalue weighted by Gasteiger charge is 2.19. The molecule has 1 atom stereocenters. The molecule has 74 valence electrons. The molecule has 3 N–H and O–H groups in total. The number of aromatic hydroxyl groups is 2. The van der Waals surface area contributed by atoms with E-state index in [0.717, 1.165) is 0 Å². The van der Waals surface area contributed by atoms with Crippen LogP contribution in [-0.4, -0.2) is 21.3 Å². The van der Waals surface area contributed by atoms with Gasteiger partial charge in [-0.15, -0.1) is 6.58 Å². The molecule has 1 aromatic carbocycles. The van der Waals surface area contributed by atoms with E-state index in [-0.39, 0.29) is 17.1 Å². The van der Waals surface area contributed by atoms with Crippen molar-refractivity contribution in [3.05, 3.63) is 36.4 Å². The summed E-state index contributed by atoms with van der Waals surface area (Å²) in [5.41, 5.74) is 0.132. The largest absolute Gasteiger partial charge is 0.508 e. The lowest BCUT2D eigenvalue weighted by atomic mass is 9.98. The van der Waals surface area contributed by atoms with Crippen molar-refractivity contribution >= 4 is 5.97 Å². The maximum absolute atomic E-state index is 10.7. The maximum Gasteiger partial charge on any atom is 0.314 e. The van der Waals surface area contributed by atoms with Gasteiger partial charge in [-0.1, -0.05) is 6.08 Å². The Morgan fingerprint density at radius 3 is 2.57 bits per heavy atom. The van der Waals surface area contributed by atoms with Crippen molar-refractivity contribution in [3.63, 3.8) is 0 Å². The summed E-state index contributed by atoms with van der Waals surface area (Å²) in [6.45, 7) is 3.36. The first-order chi connectivity index (χ1) is 6.56. The molecule has 1 unspecified atom stereocenters. The number of carbonyl (C=O) groups is 1. The summed E-state index contributed by atoms with van der Waals surface area (Å²) in [6, 6.07) is 3.72. The van der Waals surface area contributed by atoms with Gasteiger partial charge in [0.2, 0.25) is 0 Å². The molecular weight excluding hydrogens is 184 g/mol. The fourth-order valence-corrected chi connectivity index (χ4v) is 1.15. The zero-order valence-electron chi connectivity index (χ0n) is 7.34. The quantitative estimate of drug-likeness (QED) is 0.502. The fraction of sp³-hybridized carbons (Fsp3) is 0.100. The number of hydrogen-bond donors (Lipinski definition) is 3. The molecule has 1 rings (SSSR count). The van der Waals surface area contributed by atoms with E-state index in [1.807, 2.05) is 0 Å². The molecule has 0 bridgehead atoms. The minimum atomic E-state index is -1.12. The monoisotopic (exact) mass is 194 g/mol. The summed E-state index contributed by atoms with van der Waals surface area (Å²) in [5.74, 6) is -2.40. The van der Waals surface area contributed by atoms with E-state index in [1.165, 1.54) is 24.3 Å². The van der Waals surface area contributed by atoms with Crippen LogP contribution in [0.15, 0.2) is 30.9 Å². The maximum atomic E-state index is 10.7. The lowest BCUT2D eigenvalue weighted by Crippen LogP contribution is -2.08. The predicted molar refractivity (Wildman–Crippen MR) is 50.3 cm³/mol. The van der Waals surface area contributed by atoms with E-state index < -0.39 is 11.9 Å². The first-order valence-electron chi connectivity index (χ1n) is 3.93. The average Bonchev–Trinajstić information content (AvgIpc) is 2.11. The van der Waals surface area contributed by atoms with Gasteiger partial charge >= 0.3 is 5.97 Å². The summed E-state index contributed by atoms with van der Waals surface area (Å²) in [5, 5.41) is 27.3. The highest BCUT2D eigenvalue weighted by molar-refractivity contribution is 5.79. The molecule has 0 amide bonds. The normalized spacial score (nSPS) is 12.0. The molecule has 0 fully saturated rings. The van der Waals surface area contributed by atoms with Crippen molar-refractivity contribution in [1.29, 1.82) is 0 Å². The molecule has 0 radical (unpaired) electrons. The van der Waals surface area contributed by atoms with Crippen molar-refractivity contribution < 1.29 is 20.1 Å². The first kappa shape index (κ1) is 10.1. The Bertz CT molecular complexity index is 370. The zero-order chi connectivity index (χ0) is 10.7. The molecule has 14 heavy (non-hydrogen) atoms. The molecule has 0 aliphatic heterocycles. The van der Waals surface area contributed by atoms with Gasteiger partial charge in [-0.3, -0.25) is 4.79 Å². The standard InChI is InChI=1S/C10H10O4/c1-2-7(10(13)14)8-5-6(11)3-4-9(8)12/h2-5,7,11-12H,1H2,(H,13,14). The summed E-state index contributed by atoms with van der Waals surface area (Å²) in [4.78, 5) is 10.7. The Labute approximate surface area is 80.7 Å². The third-order valence-electron chi connectivity index (χ3n) is 1.85. The summed E-state index contributed by atoms with van der Waals surface area (Å²) >= 11 is 0. The molecule has 4 nitrogen and oxygen atoms in total. The number of hydrogen-bond acceptors (Lipinski definition) is 3. The second-order valence-corrected chi connectivity index (χ2v) is 2.79. The second kappa shape index (κ2) is 3.83. The molecule has 1 aromatic rings. The van der Waals surface area contributed by atoms with Crippen LogP contribution < -0.4 is 0 Å². The minimum Gasteiger partial charge on any atom is -0.508 e. The molecule has 0 aromatic heterocycles. The number of aliphatic carboxylic acids is 1. The van der Waals surface area contributed by atoms with E-state index in [4.69, 9.17) is 10.2 Å². The van der Waals surface area contributed by atoms with Crippen LogP contribution in [0.5, 0.6) is 11.5 Å². The number of carboxylic acids is 1. The Hall–Kier alpha value is -1.97. The molecule has 0 heterocycles. The van der Waals surface area contributed by atoms with E-state index in [9.17, 15) is 9.90 Å². The van der Waals surface area contributed by atoms with Gasteiger partial charge in [-0.2, -0.15) is 0 Å². The van der Waals surface area contributed by atoms with Crippen LogP contribution in [0.1, 0.15) is 11.5 Å². The van der Waals surface area contributed by atoms with Crippen LogP contribution >= 0.6 is 0 Å². The topological polar surface area (TPSA) is 77.8 Å². The highest BCUT2D eigenvalue weighted by atomic mass is 16.4. The lowest BCUT2D eigenvalue weighted by Gasteiger charge is -2.09. The molecule has 0 saturated heterocycles. The minimum absolute atomic E-state index is 0.0918. The van der Waals surface area contributed by atoms with E-state index in [0.29, 0.717) is 0 Å². The highest BCUT2D eigenvalue weighted by Crippen LogP contribution is 2.29. The molecule has 0 spiro atoms. The fourth-order valence-electron chi connectivity index (χ4n) is 1.15. The zero-order valence-corrected chi connectivity index (χ0v) is 7.34. The molecule has 0 aliphatic rings.